The molecular weight excluding hydrogens is 392 g/mol. The minimum atomic E-state index is -1.28. The summed E-state index contributed by atoms with van der Waals surface area (Å²) in [7, 11) is 0. The molecule has 1 saturated heterocycles. The molecule has 146 valence electrons. The Labute approximate surface area is 164 Å². The first kappa shape index (κ1) is 18.8. The van der Waals surface area contributed by atoms with E-state index in [1.165, 1.54) is 35.4 Å². The molecule has 1 aromatic heterocycles. The number of rotatable bonds is 3. The van der Waals surface area contributed by atoms with Crippen molar-refractivity contribution in [3.05, 3.63) is 58.7 Å². The lowest BCUT2D eigenvalue weighted by Crippen LogP contribution is -2.73. The van der Waals surface area contributed by atoms with Crippen molar-refractivity contribution in [1.29, 1.82) is 0 Å². The number of hydrogen-bond acceptors (Lipinski definition) is 4. The van der Waals surface area contributed by atoms with Crippen molar-refractivity contribution in [3.8, 4) is 0 Å². The number of aliphatic hydroxyl groups is 1. The minimum absolute atomic E-state index is 0.0461. The SMILES string of the molecule is O=C1CN(c2ncc(Cl)cc2F)C(=O)C2(CC(O)C2)N1Cc1ccc(F)cc1. The number of nitrogens with zero attached hydrogens (tertiary/aromatic N) is 3. The molecular formula is C19H16ClF2N3O3. The smallest absolute Gasteiger partial charge is 0.254 e. The van der Waals surface area contributed by atoms with Gasteiger partial charge in [-0.15, -0.1) is 0 Å². The molecule has 28 heavy (non-hydrogen) atoms. The number of piperazine rings is 1. The van der Waals surface area contributed by atoms with Gasteiger partial charge in [-0.2, -0.15) is 0 Å². The molecule has 4 rings (SSSR count). The molecule has 1 aliphatic heterocycles. The minimum Gasteiger partial charge on any atom is -0.393 e. The topological polar surface area (TPSA) is 73.7 Å². The summed E-state index contributed by atoms with van der Waals surface area (Å²) in [5.41, 5.74) is -0.635. The van der Waals surface area contributed by atoms with Crippen LogP contribution < -0.4 is 4.90 Å². The van der Waals surface area contributed by atoms with Crippen LogP contribution in [0.1, 0.15) is 18.4 Å². The molecule has 2 aromatic rings. The van der Waals surface area contributed by atoms with Gasteiger partial charge < -0.3 is 10.0 Å². The van der Waals surface area contributed by atoms with Gasteiger partial charge in [0.05, 0.1) is 11.1 Å². The molecule has 1 aliphatic carbocycles. The predicted molar refractivity (Wildman–Crippen MR) is 96.5 cm³/mol. The molecule has 6 nitrogen and oxygen atoms in total. The zero-order valence-corrected chi connectivity index (χ0v) is 15.4. The zero-order chi connectivity index (χ0) is 20.1. The van der Waals surface area contributed by atoms with E-state index in [4.69, 9.17) is 11.6 Å². The normalized spacial score (nSPS) is 24.6. The Bertz CT molecular complexity index is 948. The number of aliphatic hydroxyl groups excluding tert-OH is 1. The van der Waals surface area contributed by atoms with Crippen molar-refractivity contribution in [3.63, 3.8) is 0 Å². The van der Waals surface area contributed by atoms with Crippen LogP contribution in [0.25, 0.3) is 0 Å². The molecule has 0 bridgehead atoms. The van der Waals surface area contributed by atoms with Gasteiger partial charge >= 0.3 is 0 Å². The fourth-order valence-corrected chi connectivity index (χ4v) is 3.95. The van der Waals surface area contributed by atoms with Crippen LogP contribution in [0.4, 0.5) is 14.6 Å². The summed E-state index contributed by atoms with van der Waals surface area (Å²) in [6.07, 6.45) is 0.551. The van der Waals surface area contributed by atoms with Crippen LogP contribution in [0.15, 0.2) is 36.5 Å². The average Bonchev–Trinajstić information content (AvgIpc) is 2.62. The highest BCUT2D eigenvalue weighted by Gasteiger charge is 2.60. The molecule has 0 atom stereocenters. The lowest BCUT2D eigenvalue weighted by Gasteiger charge is -2.55. The van der Waals surface area contributed by atoms with E-state index in [9.17, 15) is 23.5 Å². The number of anilines is 1. The van der Waals surface area contributed by atoms with E-state index in [0.29, 0.717) is 5.56 Å². The maximum atomic E-state index is 14.3. The summed E-state index contributed by atoms with van der Waals surface area (Å²) < 4.78 is 27.5. The lowest BCUT2D eigenvalue weighted by atomic mass is 9.70. The van der Waals surface area contributed by atoms with Gasteiger partial charge in [0.15, 0.2) is 11.6 Å². The second-order valence-corrected chi connectivity index (χ2v) is 7.49. The lowest BCUT2D eigenvalue weighted by molar-refractivity contribution is -0.167. The summed E-state index contributed by atoms with van der Waals surface area (Å²) in [5, 5.41) is 9.94. The van der Waals surface area contributed by atoms with Crippen LogP contribution in [0.2, 0.25) is 5.02 Å². The number of hydrogen-bond donors (Lipinski definition) is 1. The van der Waals surface area contributed by atoms with Gasteiger partial charge in [0.25, 0.3) is 5.91 Å². The first-order chi connectivity index (χ1) is 13.3. The first-order valence-electron chi connectivity index (χ1n) is 8.66. The van der Waals surface area contributed by atoms with Crippen LogP contribution in [-0.2, 0) is 16.1 Å². The number of amides is 2. The number of aromatic nitrogens is 1. The second kappa shape index (κ2) is 6.79. The molecule has 2 fully saturated rings. The van der Waals surface area contributed by atoms with Crippen LogP contribution in [0.3, 0.4) is 0 Å². The van der Waals surface area contributed by atoms with Crippen LogP contribution in [-0.4, -0.2) is 45.0 Å². The Morgan fingerprint density at radius 1 is 1.21 bits per heavy atom. The second-order valence-electron chi connectivity index (χ2n) is 7.05. The largest absolute Gasteiger partial charge is 0.393 e. The highest BCUT2D eigenvalue weighted by Crippen LogP contribution is 2.43. The molecule has 9 heteroatoms. The molecule has 2 aliphatic rings. The van der Waals surface area contributed by atoms with E-state index in [-0.39, 0.29) is 36.8 Å². The van der Waals surface area contributed by atoms with Crippen molar-refractivity contribution in [2.24, 2.45) is 0 Å². The Kier molecular flexibility index (Phi) is 4.55. The molecule has 1 saturated carbocycles. The Hall–Kier alpha value is -2.58. The molecule has 1 spiro atoms. The van der Waals surface area contributed by atoms with Gasteiger partial charge in [-0.25, -0.2) is 13.8 Å². The van der Waals surface area contributed by atoms with E-state index in [1.807, 2.05) is 0 Å². The highest BCUT2D eigenvalue weighted by molar-refractivity contribution is 6.30. The third-order valence-electron chi connectivity index (χ3n) is 5.20. The monoisotopic (exact) mass is 407 g/mol. The Morgan fingerprint density at radius 3 is 2.50 bits per heavy atom. The van der Waals surface area contributed by atoms with E-state index in [1.54, 1.807) is 0 Å². The summed E-state index contributed by atoms with van der Waals surface area (Å²) in [6.45, 7) is -0.300. The number of pyridine rings is 1. The summed E-state index contributed by atoms with van der Waals surface area (Å²) in [6, 6.07) is 6.63. The molecule has 0 radical (unpaired) electrons. The highest BCUT2D eigenvalue weighted by atomic mass is 35.5. The van der Waals surface area contributed by atoms with E-state index < -0.39 is 35.1 Å². The van der Waals surface area contributed by atoms with Gasteiger partial charge in [-0.3, -0.25) is 14.5 Å². The van der Waals surface area contributed by atoms with Gasteiger partial charge in [-0.1, -0.05) is 23.7 Å². The van der Waals surface area contributed by atoms with Crippen LogP contribution in [0, 0.1) is 11.6 Å². The van der Waals surface area contributed by atoms with Gasteiger partial charge in [0.1, 0.15) is 17.9 Å². The van der Waals surface area contributed by atoms with Crippen molar-refractivity contribution in [1.82, 2.24) is 9.88 Å². The number of benzene rings is 1. The molecule has 1 N–H and O–H groups in total. The summed E-state index contributed by atoms with van der Waals surface area (Å²) >= 11 is 5.72. The van der Waals surface area contributed by atoms with Gasteiger partial charge in [0.2, 0.25) is 5.91 Å². The zero-order valence-electron chi connectivity index (χ0n) is 14.6. The molecule has 2 amide bonds. The predicted octanol–water partition coefficient (Wildman–Crippen LogP) is 2.28. The van der Waals surface area contributed by atoms with Crippen LogP contribution in [0.5, 0.6) is 0 Å². The Balaban J connectivity index is 1.68. The maximum Gasteiger partial charge on any atom is 0.254 e. The van der Waals surface area contributed by atoms with E-state index >= 15 is 0 Å². The van der Waals surface area contributed by atoms with Crippen LogP contribution >= 0.6 is 11.6 Å². The number of carbonyl (C=O) groups is 2. The third-order valence-corrected chi connectivity index (χ3v) is 5.41. The number of carbonyl (C=O) groups excluding carboxylic acids is 2. The summed E-state index contributed by atoms with van der Waals surface area (Å²) in [5.74, 6) is -2.41. The van der Waals surface area contributed by atoms with E-state index in [0.717, 1.165) is 11.0 Å². The van der Waals surface area contributed by atoms with Crippen molar-refractivity contribution in [2.45, 2.75) is 31.0 Å². The first-order valence-corrected chi connectivity index (χ1v) is 9.04. The third kappa shape index (κ3) is 3.02. The Morgan fingerprint density at radius 2 is 1.89 bits per heavy atom. The van der Waals surface area contributed by atoms with Crippen molar-refractivity contribution in [2.75, 3.05) is 11.4 Å². The van der Waals surface area contributed by atoms with Gasteiger partial charge in [0, 0.05) is 25.6 Å². The molecule has 2 heterocycles. The van der Waals surface area contributed by atoms with Crippen molar-refractivity contribution >= 4 is 29.2 Å². The molecule has 1 aromatic carbocycles. The maximum absolute atomic E-state index is 14.3. The summed E-state index contributed by atoms with van der Waals surface area (Å²) in [4.78, 5) is 32.4. The standard InChI is InChI=1S/C19H16ClF2N3O3/c20-12-5-15(22)17(23-8-12)24-10-16(27)25(9-11-1-3-13(21)4-2-11)19(18(24)28)6-14(26)7-19/h1-5,8,14,26H,6-7,9-10H2. The van der Waals surface area contributed by atoms with Crippen molar-refractivity contribution < 1.29 is 23.5 Å². The quantitative estimate of drug-likeness (QED) is 0.847. The fourth-order valence-electron chi connectivity index (χ4n) is 3.80. The molecule has 0 unspecified atom stereocenters. The van der Waals surface area contributed by atoms with Gasteiger partial charge in [-0.05, 0) is 23.8 Å². The average molecular weight is 408 g/mol. The van der Waals surface area contributed by atoms with E-state index in [2.05, 4.69) is 4.98 Å². The fraction of sp³-hybridized carbons (Fsp3) is 0.316. The number of halogens is 3.